The van der Waals surface area contributed by atoms with Crippen LogP contribution in [0.5, 0.6) is 0 Å². The van der Waals surface area contributed by atoms with Gasteiger partial charge in [0, 0.05) is 6.08 Å². The molecule has 0 saturated carbocycles. The maximum absolute atomic E-state index is 11.3. The van der Waals surface area contributed by atoms with E-state index in [1.807, 2.05) is 0 Å². The second kappa shape index (κ2) is 3.62. The molecule has 2 amide bonds. The number of carbonyl (C=O) groups excluding carboxylic acids is 2. The lowest BCUT2D eigenvalue weighted by Crippen LogP contribution is -2.19. The predicted octanol–water partition coefficient (Wildman–Crippen LogP) is 0.668. The van der Waals surface area contributed by atoms with Gasteiger partial charge in [0.2, 0.25) is 0 Å². The Morgan fingerprint density at radius 2 is 1.88 bits per heavy atom. The Labute approximate surface area is 90.4 Å². The molecule has 80 valence electrons. The Bertz CT molecular complexity index is 531. The van der Waals surface area contributed by atoms with Crippen LogP contribution < -0.4 is 5.32 Å². The first kappa shape index (κ1) is 10.1. The van der Waals surface area contributed by atoms with Crippen molar-refractivity contribution in [3.05, 3.63) is 41.0 Å². The average molecular weight is 217 g/mol. The molecule has 1 heterocycles. The van der Waals surface area contributed by atoms with Crippen molar-refractivity contribution in [1.29, 1.82) is 0 Å². The lowest BCUT2D eigenvalue weighted by atomic mass is 10.1. The summed E-state index contributed by atoms with van der Waals surface area (Å²) in [4.78, 5) is 32.8. The van der Waals surface area contributed by atoms with Gasteiger partial charge >= 0.3 is 5.97 Å². The van der Waals surface area contributed by atoms with Crippen molar-refractivity contribution in [3.8, 4) is 0 Å². The number of aliphatic carboxylic acids is 1. The molecule has 0 bridgehead atoms. The number of imide groups is 1. The van der Waals surface area contributed by atoms with Crippen molar-refractivity contribution in [3.63, 3.8) is 0 Å². The largest absolute Gasteiger partial charge is 0.478 e. The highest BCUT2D eigenvalue weighted by Crippen LogP contribution is 2.17. The number of fused-ring (bicyclic) bond motifs is 1. The molecule has 1 aromatic rings. The van der Waals surface area contributed by atoms with Crippen LogP contribution in [0.4, 0.5) is 0 Å². The van der Waals surface area contributed by atoms with E-state index in [0.29, 0.717) is 11.1 Å². The predicted molar refractivity (Wildman–Crippen MR) is 54.9 cm³/mol. The van der Waals surface area contributed by atoms with Gasteiger partial charge in [-0.15, -0.1) is 0 Å². The number of nitrogens with one attached hydrogen (secondary N) is 1. The molecule has 0 radical (unpaired) electrons. The Hall–Kier alpha value is -2.43. The van der Waals surface area contributed by atoms with E-state index in [4.69, 9.17) is 5.11 Å². The van der Waals surface area contributed by atoms with Gasteiger partial charge in [0.15, 0.2) is 0 Å². The van der Waals surface area contributed by atoms with Crippen LogP contribution in [0.3, 0.4) is 0 Å². The maximum Gasteiger partial charge on any atom is 0.328 e. The first-order valence-electron chi connectivity index (χ1n) is 4.48. The highest BCUT2D eigenvalue weighted by atomic mass is 16.4. The summed E-state index contributed by atoms with van der Waals surface area (Å²) in [6, 6.07) is 4.56. The second-order valence-corrected chi connectivity index (χ2v) is 3.26. The van der Waals surface area contributed by atoms with E-state index in [-0.39, 0.29) is 5.56 Å². The fourth-order valence-corrected chi connectivity index (χ4v) is 1.46. The Morgan fingerprint density at radius 3 is 2.56 bits per heavy atom. The van der Waals surface area contributed by atoms with Gasteiger partial charge in [-0.1, -0.05) is 6.07 Å². The summed E-state index contributed by atoms with van der Waals surface area (Å²) in [5.74, 6) is -1.94. The number of carboxylic acid groups (broad SMARTS) is 1. The second-order valence-electron chi connectivity index (χ2n) is 3.26. The lowest BCUT2D eigenvalue weighted by Gasteiger charge is -1.96. The topological polar surface area (TPSA) is 83.5 Å². The minimum Gasteiger partial charge on any atom is -0.478 e. The molecule has 5 nitrogen and oxygen atoms in total. The van der Waals surface area contributed by atoms with E-state index in [1.54, 1.807) is 6.07 Å². The van der Waals surface area contributed by atoms with Crippen LogP contribution in [-0.4, -0.2) is 22.9 Å². The van der Waals surface area contributed by atoms with Crippen LogP contribution in [-0.2, 0) is 4.79 Å². The zero-order valence-electron chi connectivity index (χ0n) is 8.06. The van der Waals surface area contributed by atoms with Gasteiger partial charge in [0.05, 0.1) is 11.1 Å². The molecule has 0 aliphatic carbocycles. The smallest absolute Gasteiger partial charge is 0.328 e. The van der Waals surface area contributed by atoms with Crippen molar-refractivity contribution in [2.24, 2.45) is 0 Å². The number of amides is 2. The van der Waals surface area contributed by atoms with Crippen LogP contribution in [0.25, 0.3) is 6.08 Å². The Balaban J connectivity index is 2.40. The van der Waals surface area contributed by atoms with Crippen molar-refractivity contribution in [2.75, 3.05) is 0 Å². The molecule has 1 aromatic carbocycles. The quantitative estimate of drug-likeness (QED) is 0.563. The van der Waals surface area contributed by atoms with Gasteiger partial charge in [-0.25, -0.2) is 4.79 Å². The third kappa shape index (κ3) is 1.70. The van der Waals surface area contributed by atoms with E-state index in [9.17, 15) is 14.4 Å². The van der Waals surface area contributed by atoms with Gasteiger partial charge in [-0.3, -0.25) is 14.9 Å². The average Bonchev–Trinajstić information content (AvgIpc) is 2.52. The van der Waals surface area contributed by atoms with Crippen molar-refractivity contribution >= 4 is 23.9 Å². The van der Waals surface area contributed by atoms with Gasteiger partial charge < -0.3 is 5.11 Å². The molecular weight excluding hydrogens is 210 g/mol. The number of hydrogen-bond acceptors (Lipinski definition) is 3. The monoisotopic (exact) mass is 217 g/mol. The first-order valence-corrected chi connectivity index (χ1v) is 4.48. The SMILES string of the molecule is O=C(O)C=Cc1ccc2c(c1)C(=O)NC2=O. The fraction of sp³-hybridized carbons (Fsp3) is 0. The summed E-state index contributed by atoms with van der Waals surface area (Å²) < 4.78 is 0. The Morgan fingerprint density at radius 1 is 1.19 bits per heavy atom. The zero-order chi connectivity index (χ0) is 11.7. The highest BCUT2D eigenvalue weighted by molar-refractivity contribution is 6.21. The van der Waals surface area contributed by atoms with E-state index in [0.717, 1.165) is 6.08 Å². The molecule has 2 N–H and O–H groups in total. The minimum atomic E-state index is -1.07. The maximum atomic E-state index is 11.3. The van der Waals surface area contributed by atoms with E-state index in [2.05, 4.69) is 5.32 Å². The lowest BCUT2D eigenvalue weighted by molar-refractivity contribution is -0.131. The molecule has 5 heteroatoms. The molecule has 1 aliphatic rings. The van der Waals surface area contributed by atoms with Gasteiger partial charge in [0.1, 0.15) is 0 Å². The zero-order valence-corrected chi connectivity index (χ0v) is 8.06. The molecule has 0 fully saturated rings. The molecule has 16 heavy (non-hydrogen) atoms. The molecule has 2 rings (SSSR count). The van der Waals surface area contributed by atoms with Crippen LogP contribution in [0.1, 0.15) is 26.3 Å². The summed E-state index contributed by atoms with van der Waals surface area (Å²) in [5, 5.41) is 10.6. The normalized spacial score (nSPS) is 14.0. The first-order chi connectivity index (χ1) is 7.58. The number of benzene rings is 1. The molecule has 1 aliphatic heterocycles. The molecule has 0 unspecified atom stereocenters. The van der Waals surface area contributed by atoms with Crippen molar-refractivity contribution in [2.45, 2.75) is 0 Å². The van der Waals surface area contributed by atoms with Crippen LogP contribution >= 0.6 is 0 Å². The Kier molecular flexibility index (Phi) is 2.28. The third-order valence-corrected chi connectivity index (χ3v) is 2.18. The third-order valence-electron chi connectivity index (χ3n) is 2.18. The number of hydrogen-bond donors (Lipinski definition) is 2. The van der Waals surface area contributed by atoms with Gasteiger partial charge in [0.25, 0.3) is 11.8 Å². The van der Waals surface area contributed by atoms with Crippen molar-refractivity contribution < 1.29 is 19.5 Å². The standard InChI is InChI=1S/C11H7NO4/c13-9(14)4-2-6-1-3-7-8(5-6)11(16)12-10(7)15/h1-5H,(H,13,14)(H,12,15,16). The van der Waals surface area contributed by atoms with Crippen molar-refractivity contribution in [1.82, 2.24) is 5.32 Å². The summed E-state index contributed by atoms with van der Waals surface area (Å²) >= 11 is 0. The molecule has 0 aromatic heterocycles. The van der Waals surface area contributed by atoms with Gasteiger partial charge in [-0.05, 0) is 23.8 Å². The summed E-state index contributed by atoms with van der Waals surface area (Å²) in [6.45, 7) is 0. The van der Waals surface area contributed by atoms with Crippen LogP contribution in [0.2, 0.25) is 0 Å². The number of carboxylic acids is 1. The highest BCUT2D eigenvalue weighted by Gasteiger charge is 2.26. The van der Waals surface area contributed by atoms with E-state index >= 15 is 0 Å². The van der Waals surface area contributed by atoms with Crippen LogP contribution in [0.15, 0.2) is 24.3 Å². The number of carbonyl (C=O) groups is 3. The van der Waals surface area contributed by atoms with Gasteiger partial charge in [-0.2, -0.15) is 0 Å². The molecule has 0 atom stereocenters. The molecular formula is C11H7NO4. The van der Waals surface area contributed by atoms with E-state index < -0.39 is 17.8 Å². The van der Waals surface area contributed by atoms with E-state index in [1.165, 1.54) is 18.2 Å². The number of rotatable bonds is 2. The minimum absolute atomic E-state index is 0.275. The molecule has 0 saturated heterocycles. The molecule has 0 spiro atoms. The van der Waals surface area contributed by atoms with Crippen LogP contribution in [0, 0.1) is 0 Å². The summed E-state index contributed by atoms with van der Waals surface area (Å²) in [5.41, 5.74) is 1.15. The summed E-state index contributed by atoms with van der Waals surface area (Å²) in [6.07, 6.45) is 2.33. The summed E-state index contributed by atoms with van der Waals surface area (Å²) in [7, 11) is 0. The fourth-order valence-electron chi connectivity index (χ4n) is 1.46.